The van der Waals surface area contributed by atoms with Crippen LogP contribution in [0.4, 0.5) is 0 Å². The Labute approximate surface area is 312 Å². The smallest absolute Gasteiger partial charge is 0.227 e. The van der Waals surface area contributed by atoms with Gasteiger partial charge in [0.1, 0.15) is 5.52 Å². The van der Waals surface area contributed by atoms with Crippen molar-refractivity contribution in [1.82, 2.24) is 9.97 Å². The second-order valence-corrected chi connectivity index (χ2v) is 12.8. The van der Waals surface area contributed by atoms with Gasteiger partial charge in [0.15, 0.2) is 5.58 Å². The molecule has 2 heterocycles. The number of benzene rings is 5. The fourth-order valence-corrected chi connectivity index (χ4v) is 6.48. The van der Waals surface area contributed by atoms with Crippen molar-refractivity contribution in [3.8, 4) is 44.8 Å². The number of fused-ring (bicyclic) bond motifs is 1. The predicted molar refractivity (Wildman–Crippen MR) is 225 cm³/mol. The Bertz CT molecular complexity index is 2530. The van der Waals surface area contributed by atoms with Crippen molar-refractivity contribution in [2.75, 3.05) is 0 Å². The molecule has 7 rings (SSSR count). The van der Waals surface area contributed by atoms with Crippen LogP contribution in [0.25, 0.3) is 72.7 Å². The van der Waals surface area contributed by atoms with Crippen molar-refractivity contribution in [3.05, 3.63) is 212 Å². The Kier molecular flexibility index (Phi) is 10.5. The van der Waals surface area contributed by atoms with E-state index in [9.17, 15) is 0 Å². The van der Waals surface area contributed by atoms with Crippen LogP contribution in [0.3, 0.4) is 0 Å². The van der Waals surface area contributed by atoms with Gasteiger partial charge in [-0.25, -0.2) is 4.98 Å². The molecule has 0 radical (unpaired) electrons. The summed E-state index contributed by atoms with van der Waals surface area (Å²) in [6.45, 7) is 12.3. The predicted octanol–water partition coefficient (Wildman–Crippen LogP) is 13.7. The van der Waals surface area contributed by atoms with Gasteiger partial charge in [-0.3, -0.25) is 4.98 Å². The zero-order valence-corrected chi connectivity index (χ0v) is 30.0. The molecule has 53 heavy (non-hydrogen) atoms. The van der Waals surface area contributed by atoms with Crippen LogP contribution >= 0.6 is 0 Å². The van der Waals surface area contributed by atoms with Gasteiger partial charge in [0.2, 0.25) is 5.89 Å². The van der Waals surface area contributed by atoms with Crippen LogP contribution in [0.15, 0.2) is 200 Å². The van der Waals surface area contributed by atoms with Crippen LogP contribution in [0.2, 0.25) is 0 Å². The summed E-state index contributed by atoms with van der Waals surface area (Å²) < 4.78 is 6.62. The molecule has 0 aliphatic rings. The summed E-state index contributed by atoms with van der Waals surface area (Å²) >= 11 is 0. The average Bonchev–Trinajstić information content (AvgIpc) is 3.66. The zero-order chi connectivity index (χ0) is 36.6. The number of pyridine rings is 1. The first kappa shape index (κ1) is 34.6. The topological polar surface area (TPSA) is 38.9 Å². The van der Waals surface area contributed by atoms with E-state index in [0.29, 0.717) is 11.5 Å². The highest BCUT2D eigenvalue weighted by atomic mass is 16.3. The molecule has 0 saturated heterocycles. The lowest BCUT2D eigenvalue weighted by Gasteiger charge is -2.11. The SMILES string of the molecule is C=C/C=C(\C=C(/C)c1ccccc1)c1cc(-c2cccc(/C(C=C)=C/C=C\C)c2)cc2oc(-c3ccc(-c4cccc(-c5cccnc5)c4)cc3)nc12. The van der Waals surface area contributed by atoms with Crippen LogP contribution in [0.5, 0.6) is 0 Å². The number of hydrogen-bond acceptors (Lipinski definition) is 3. The van der Waals surface area contributed by atoms with Crippen LogP contribution in [-0.2, 0) is 0 Å². The number of aromatic nitrogens is 2. The summed E-state index contributed by atoms with van der Waals surface area (Å²) in [5.74, 6) is 0.563. The first-order valence-corrected chi connectivity index (χ1v) is 17.7. The minimum absolute atomic E-state index is 0.563. The molecule has 0 unspecified atom stereocenters. The van der Waals surface area contributed by atoms with Crippen LogP contribution in [0.1, 0.15) is 30.5 Å². The molecule has 0 atom stereocenters. The number of rotatable bonds is 11. The Balaban J connectivity index is 1.33. The molecule has 3 nitrogen and oxygen atoms in total. The second kappa shape index (κ2) is 16.0. The lowest BCUT2D eigenvalue weighted by Crippen LogP contribution is -1.90. The zero-order valence-electron chi connectivity index (χ0n) is 30.0. The van der Waals surface area contributed by atoms with Gasteiger partial charge in [-0.2, -0.15) is 0 Å². The van der Waals surface area contributed by atoms with Gasteiger partial charge in [-0.1, -0.05) is 141 Å². The lowest BCUT2D eigenvalue weighted by atomic mass is 9.93. The highest BCUT2D eigenvalue weighted by Crippen LogP contribution is 2.37. The van der Waals surface area contributed by atoms with Crippen LogP contribution in [-0.4, -0.2) is 9.97 Å². The van der Waals surface area contributed by atoms with E-state index >= 15 is 0 Å². The molecule has 0 bridgehead atoms. The van der Waals surface area contributed by atoms with Crippen molar-refractivity contribution in [1.29, 1.82) is 0 Å². The summed E-state index contributed by atoms with van der Waals surface area (Å²) in [5.41, 5.74) is 15.3. The first-order valence-electron chi connectivity index (χ1n) is 17.7. The van der Waals surface area contributed by atoms with E-state index in [2.05, 4.69) is 152 Å². The van der Waals surface area contributed by atoms with Crippen LogP contribution in [0, 0.1) is 0 Å². The largest absolute Gasteiger partial charge is 0.436 e. The van der Waals surface area contributed by atoms with E-state index in [0.717, 1.165) is 77.9 Å². The average molecular weight is 685 g/mol. The Hall–Kier alpha value is -6.84. The van der Waals surface area contributed by atoms with Gasteiger partial charge in [-0.15, -0.1) is 0 Å². The molecule has 0 saturated carbocycles. The molecular formula is C50H40N2O. The third-order valence-electron chi connectivity index (χ3n) is 9.24. The fourth-order valence-electron chi connectivity index (χ4n) is 6.48. The summed E-state index contributed by atoms with van der Waals surface area (Å²) in [6.07, 6.45) is 17.8. The summed E-state index contributed by atoms with van der Waals surface area (Å²) in [5, 5.41) is 0. The van der Waals surface area contributed by atoms with Gasteiger partial charge in [0.05, 0.1) is 0 Å². The maximum Gasteiger partial charge on any atom is 0.227 e. The van der Waals surface area contributed by atoms with E-state index in [1.54, 1.807) is 6.20 Å². The maximum atomic E-state index is 6.62. The monoisotopic (exact) mass is 684 g/mol. The Morgan fingerprint density at radius 2 is 1.32 bits per heavy atom. The number of oxazole rings is 1. The van der Waals surface area contributed by atoms with Crippen molar-refractivity contribution in [3.63, 3.8) is 0 Å². The maximum absolute atomic E-state index is 6.62. The summed E-state index contributed by atoms with van der Waals surface area (Å²) in [4.78, 5) is 9.43. The van der Waals surface area contributed by atoms with Crippen molar-refractivity contribution in [2.45, 2.75) is 13.8 Å². The molecular weight excluding hydrogens is 645 g/mol. The van der Waals surface area contributed by atoms with Crippen molar-refractivity contribution in [2.24, 2.45) is 0 Å². The fraction of sp³-hybridized carbons (Fsp3) is 0.0400. The van der Waals surface area contributed by atoms with Crippen molar-refractivity contribution >= 4 is 27.8 Å². The van der Waals surface area contributed by atoms with E-state index in [4.69, 9.17) is 9.40 Å². The molecule has 0 aliphatic carbocycles. The Morgan fingerprint density at radius 1 is 0.623 bits per heavy atom. The minimum atomic E-state index is 0.563. The van der Waals surface area contributed by atoms with Gasteiger partial charge in [-0.05, 0) is 112 Å². The molecule has 0 aliphatic heterocycles. The summed E-state index contributed by atoms with van der Waals surface area (Å²) in [6, 6.07) is 44.2. The Morgan fingerprint density at radius 3 is 2.04 bits per heavy atom. The van der Waals surface area contributed by atoms with Crippen LogP contribution < -0.4 is 0 Å². The van der Waals surface area contributed by atoms with E-state index in [1.165, 1.54) is 0 Å². The molecule has 5 aromatic carbocycles. The highest BCUT2D eigenvalue weighted by Gasteiger charge is 2.17. The summed E-state index contributed by atoms with van der Waals surface area (Å²) in [7, 11) is 0. The van der Waals surface area contributed by atoms with Crippen molar-refractivity contribution < 1.29 is 4.42 Å². The third kappa shape index (κ3) is 7.75. The number of allylic oxidation sites excluding steroid dienone is 10. The van der Waals surface area contributed by atoms with E-state index < -0.39 is 0 Å². The normalized spacial score (nSPS) is 12.4. The van der Waals surface area contributed by atoms with E-state index in [-0.39, 0.29) is 0 Å². The number of nitrogens with zero attached hydrogens (tertiary/aromatic N) is 2. The van der Waals surface area contributed by atoms with Gasteiger partial charge < -0.3 is 4.42 Å². The standard InChI is InChI=1S/C50H40N2O/c1-5-8-16-36(7-3)40-19-12-22-43(30-40)46-32-47(44(15-6-2)29-35(4)37-17-10-9-11-18-37)49-48(33-46)53-50(52-49)39-26-24-38(25-27-39)41-20-13-21-42(31-41)45-23-14-28-51-34-45/h5-34H,2-3H2,1,4H3/b8-5-,35-29+,36-16+,44-15+. The molecule has 7 aromatic rings. The van der Waals surface area contributed by atoms with Gasteiger partial charge in [0.25, 0.3) is 0 Å². The second-order valence-electron chi connectivity index (χ2n) is 12.8. The molecule has 0 spiro atoms. The quantitative estimate of drug-likeness (QED) is 0.127. The van der Waals surface area contributed by atoms with Gasteiger partial charge in [0, 0.05) is 29.1 Å². The lowest BCUT2D eigenvalue weighted by molar-refractivity contribution is 0.620. The number of hydrogen-bond donors (Lipinski definition) is 0. The highest BCUT2D eigenvalue weighted by molar-refractivity contribution is 5.98. The molecule has 3 heteroatoms. The molecule has 0 fully saturated rings. The molecule has 0 amide bonds. The first-order chi connectivity index (χ1) is 26.0. The minimum Gasteiger partial charge on any atom is -0.436 e. The van der Waals surface area contributed by atoms with Gasteiger partial charge >= 0.3 is 0 Å². The molecule has 2 aromatic heterocycles. The molecule has 256 valence electrons. The molecule has 0 N–H and O–H groups in total. The third-order valence-corrected chi connectivity index (χ3v) is 9.24. The van der Waals surface area contributed by atoms with E-state index in [1.807, 2.05) is 55.6 Å².